The molecule has 1 rings (SSSR count). The number of ketones is 1. The van der Waals surface area contributed by atoms with Gasteiger partial charge in [0.05, 0.1) is 0 Å². The van der Waals surface area contributed by atoms with E-state index in [0.29, 0.717) is 6.42 Å². The molecule has 14 heavy (non-hydrogen) atoms. The number of aliphatic hydroxyl groups is 2. The van der Waals surface area contributed by atoms with Crippen molar-refractivity contribution in [2.45, 2.75) is 52.2 Å². The Hall–Kier alpha value is -0.410. The minimum absolute atomic E-state index is 0.0194. The molecule has 3 nitrogen and oxygen atoms in total. The number of carbonyl (C=O) groups is 1. The highest BCUT2D eigenvalue weighted by molar-refractivity contribution is 5.87. The molecular formula is C11H20O3. The Morgan fingerprint density at radius 3 is 2.36 bits per heavy atom. The highest BCUT2D eigenvalue weighted by atomic mass is 16.3. The molecule has 0 bridgehead atoms. The van der Waals surface area contributed by atoms with Crippen molar-refractivity contribution in [3.63, 3.8) is 0 Å². The summed E-state index contributed by atoms with van der Waals surface area (Å²) in [5, 5.41) is 18.9. The van der Waals surface area contributed by atoms with Crippen LogP contribution in [0.15, 0.2) is 0 Å². The van der Waals surface area contributed by atoms with Gasteiger partial charge in [0, 0.05) is 0 Å². The largest absolute Gasteiger partial charge is 0.385 e. The number of hydrogen-bond donors (Lipinski definition) is 2. The molecule has 0 aromatic heterocycles. The maximum absolute atomic E-state index is 11.3. The van der Waals surface area contributed by atoms with Crippen LogP contribution in [0.25, 0.3) is 0 Å². The molecule has 0 aromatic carbocycles. The molecule has 0 aromatic rings. The van der Waals surface area contributed by atoms with Crippen LogP contribution in [0, 0.1) is 11.3 Å². The van der Waals surface area contributed by atoms with Crippen LogP contribution in [-0.2, 0) is 4.79 Å². The van der Waals surface area contributed by atoms with Crippen LogP contribution in [0.2, 0.25) is 0 Å². The van der Waals surface area contributed by atoms with Gasteiger partial charge in [-0.1, -0.05) is 20.8 Å². The van der Waals surface area contributed by atoms with Gasteiger partial charge in [-0.2, -0.15) is 0 Å². The van der Waals surface area contributed by atoms with Crippen molar-refractivity contribution < 1.29 is 15.0 Å². The molecule has 0 saturated heterocycles. The van der Waals surface area contributed by atoms with Crippen LogP contribution in [-0.4, -0.2) is 28.2 Å². The first-order valence-corrected chi connectivity index (χ1v) is 5.21. The van der Waals surface area contributed by atoms with E-state index in [1.165, 1.54) is 0 Å². The van der Waals surface area contributed by atoms with Crippen molar-refractivity contribution in [1.82, 2.24) is 0 Å². The average Bonchev–Trinajstić information content (AvgIpc) is 2.04. The van der Waals surface area contributed by atoms with Crippen molar-refractivity contribution >= 4 is 5.78 Å². The lowest BCUT2D eigenvalue weighted by molar-refractivity contribution is -0.144. The first-order chi connectivity index (χ1) is 6.31. The van der Waals surface area contributed by atoms with Gasteiger partial charge in [-0.25, -0.2) is 0 Å². The van der Waals surface area contributed by atoms with E-state index in [-0.39, 0.29) is 11.3 Å². The van der Waals surface area contributed by atoms with Crippen molar-refractivity contribution in [2.75, 3.05) is 0 Å². The summed E-state index contributed by atoms with van der Waals surface area (Å²) in [6.45, 7) is 6.28. The Balaban J connectivity index is 2.60. The fraction of sp³-hybridized carbons (Fsp3) is 0.909. The summed E-state index contributed by atoms with van der Waals surface area (Å²) in [6.07, 6.45) is 0.161. The Bertz CT molecular complexity index is 217. The van der Waals surface area contributed by atoms with Crippen LogP contribution in [0.5, 0.6) is 0 Å². The van der Waals surface area contributed by atoms with Gasteiger partial charge in [-0.3, -0.25) is 4.79 Å². The summed E-state index contributed by atoms with van der Waals surface area (Å²) in [5.74, 6) is -0.378. The van der Waals surface area contributed by atoms with E-state index < -0.39 is 18.0 Å². The maximum Gasteiger partial charge on any atom is 0.189 e. The molecule has 0 spiro atoms. The Kier molecular flexibility index (Phi) is 3.32. The Labute approximate surface area is 85.1 Å². The third kappa shape index (κ3) is 2.79. The number of rotatable bonds is 1. The van der Waals surface area contributed by atoms with Gasteiger partial charge in [0.15, 0.2) is 5.78 Å². The zero-order valence-electron chi connectivity index (χ0n) is 9.16. The standard InChI is InChI=1S/C11H20O3/c1-11(2,3)6-7-4-5-8(12)10(14)9(7)13/h7-9,12-13H,4-6H2,1-3H3. The third-order valence-electron chi connectivity index (χ3n) is 2.75. The van der Waals surface area contributed by atoms with E-state index in [1.54, 1.807) is 0 Å². The lowest BCUT2D eigenvalue weighted by Crippen LogP contribution is -2.43. The second kappa shape index (κ2) is 3.99. The fourth-order valence-corrected chi connectivity index (χ4v) is 2.10. The minimum atomic E-state index is -0.960. The van der Waals surface area contributed by atoms with Crippen LogP contribution < -0.4 is 0 Å². The summed E-state index contributed by atoms with van der Waals surface area (Å²) in [6, 6.07) is 0. The molecule has 3 heteroatoms. The fourth-order valence-electron chi connectivity index (χ4n) is 2.10. The zero-order valence-corrected chi connectivity index (χ0v) is 9.16. The normalized spacial score (nSPS) is 34.6. The van der Waals surface area contributed by atoms with E-state index >= 15 is 0 Å². The van der Waals surface area contributed by atoms with Gasteiger partial charge in [-0.05, 0) is 30.6 Å². The lowest BCUT2D eigenvalue weighted by atomic mass is 9.75. The SMILES string of the molecule is CC(C)(C)CC1CCC(O)C(=O)C1O. The average molecular weight is 200 g/mol. The Morgan fingerprint density at radius 2 is 1.86 bits per heavy atom. The number of hydrogen-bond acceptors (Lipinski definition) is 3. The van der Waals surface area contributed by atoms with Gasteiger partial charge in [0.2, 0.25) is 0 Å². The molecular weight excluding hydrogens is 180 g/mol. The van der Waals surface area contributed by atoms with Crippen LogP contribution in [0.4, 0.5) is 0 Å². The quantitative estimate of drug-likeness (QED) is 0.667. The third-order valence-corrected chi connectivity index (χ3v) is 2.75. The maximum atomic E-state index is 11.3. The molecule has 2 N–H and O–H groups in total. The second-order valence-corrected chi connectivity index (χ2v) is 5.47. The van der Waals surface area contributed by atoms with Gasteiger partial charge in [-0.15, -0.1) is 0 Å². The molecule has 3 atom stereocenters. The van der Waals surface area contributed by atoms with E-state index in [0.717, 1.165) is 12.8 Å². The minimum Gasteiger partial charge on any atom is -0.385 e. The molecule has 1 aliphatic rings. The lowest BCUT2D eigenvalue weighted by Gasteiger charge is -2.33. The molecule has 82 valence electrons. The zero-order chi connectivity index (χ0) is 10.9. The first kappa shape index (κ1) is 11.7. The van der Waals surface area contributed by atoms with Crippen LogP contribution >= 0.6 is 0 Å². The van der Waals surface area contributed by atoms with E-state index in [9.17, 15) is 15.0 Å². The first-order valence-electron chi connectivity index (χ1n) is 5.21. The highest BCUT2D eigenvalue weighted by Crippen LogP contribution is 2.33. The van der Waals surface area contributed by atoms with Crippen LogP contribution in [0.1, 0.15) is 40.0 Å². The molecule has 1 saturated carbocycles. The number of aliphatic hydroxyl groups excluding tert-OH is 2. The summed E-state index contributed by atoms with van der Waals surface area (Å²) < 4.78 is 0. The Morgan fingerprint density at radius 1 is 1.29 bits per heavy atom. The predicted octanol–water partition coefficient (Wildman–Crippen LogP) is 1.12. The van der Waals surface area contributed by atoms with E-state index in [4.69, 9.17) is 0 Å². The summed E-state index contributed by atoms with van der Waals surface area (Å²) in [4.78, 5) is 11.3. The van der Waals surface area contributed by atoms with Gasteiger partial charge < -0.3 is 10.2 Å². The van der Waals surface area contributed by atoms with Crippen molar-refractivity contribution in [1.29, 1.82) is 0 Å². The molecule has 0 amide bonds. The van der Waals surface area contributed by atoms with Crippen LogP contribution in [0.3, 0.4) is 0 Å². The van der Waals surface area contributed by atoms with Crippen molar-refractivity contribution in [2.24, 2.45) is 11.3 Å². The summed E-state index contributed by atoms with van der Waals surface area (Å²) in [5.41, 5.74) is 0.119. The van der Waals surface area contributed by atoms with Crippen molar-refractivity contribution in [3.05, 3.63) is 0 Å². The van der Waals surface area contributed by atoms with Gasteiger partial charge >= 0.3 is 0 Å². The summed E-state index contributed by atoms with van der Waals surface area (Å²) in [7, 11) is 0. The van der Waals surface area contributed by atoms with Gasteiger partial charge in [0.25, 0.3) is 0 Å². The molecule has 0 aliphatic heterocycles. The topological polar surface area (TPSA) is 57.5 Å². The van der Waals surface area contributed by atoms with E-state index in [1.807, 2.05) is 0 Å². The monoisotopic (exact) mass is 200 g/mol. The molecule has 1 fully saturated rings. The number of Topliss-reactive ketones (excluding diaryl/α,β-unsaturated/α-hetero) is 1. The second-order valence-electron chi connectivity index (χ2n) is 5.47. The molecule has 3 unspecified atom stereocenters. The highest BCUT2D eigenvalue weighted by Gasteiger charge is 2.37. The molecule has 0 radical (unpaired) electrons. The van der Waals surface area contributed by atoms with E-state index in [2.05, 4.69) is 20.8 Å². The smallest absolute Gasteiger partial charge is 0.189 e. The number of carbonyl (C=O) groups excluding carboxylic acids is 1. The van der Waals surface area contributed by atoms with Gasteiger partial charge in [0.1, 0.15) is 12.2 Å². The van der Waals surface area contributed by atoms with Crippen molar-refractivity contribution in [3.8, 4) is 0 Å². The predicted molar refractivity (Wildman–Crippen MR) is 53.8 cm³/mol. The summed E-state index contributed by atoms with van der Waals surface area (Å²) >= 11 is 0. The molecule has 1 aliphatic carbocycles. The molecule has 0 heterocycles.